The van der Waals surface area contributed by atoms with Crippen LogP contribution in [0, 0.1) is 0 Å². The molecule has 1 heteroatoms. The maximum atomic E-state index is 12.4. The van der Waals surface area contributed by atoms with Gasteiger partial charge in [0.1, 0.15) is 0 Å². The second-order valence-electron chi connectivity index (χ2n) is 5.68. The molecular weight excluding hydrogens is 256 g/mol. The van der Waals surface area contributed by atoms with Crippen molar-refractivity contribution in [1.82, 2.24) is 0 Å². The lowest BCUT2D eigenvalue weighted by Crippen LogP contribution is -2.21. The second-order valence-corrected chi connectivity index (χ2v) is 5.68. The molecule has 1 unspecified atom stereocenters. The average molecular weight is 274 g/mol. The van der Waals surface area contributed by atoms with Crippen molar-refractivity contribution in [2.45, 2.75) is 18.8 Å². The van der Waals surface area contributed by atoms with Gasteiger partial charge in [0.15, 0.2) is 5.78 Å². The van der Waals surface area contributed by atoms with E-state index in [1.54, 1.807) is 0 Å². The first-order chi connectivity index (χ1) is 10.2. The smallest absolute Gasteiger partial charge is 0.192 e. The Kier molecular flexibility index (Phi) is 3.57. The third kappa shape index (κ3) is 2.73. The van der Waals surface area contributed by atoms with Gasteiger partial charge in [0, 0.05) is 16.6 Å². The molecule has 3 rings (SSSR count). The number of benzene rings is 2. The Bertz CT molecular complexity index is 695. The first-order valence-corrected chi connectivity index (χ1v) is 7.24. The molecule has 2 aromatic rings. The number of carbonyl (C=O) groups excluding carboxylic acids is 1. The van der Waals surface area contributed by atoms with Gasteiger partial charge < -0.3 is 0 Å². The zero-order valence-corrected chi connectivity index (χ0v) is 12.1. The molecule has 0 saturated carbocycles. The summed E-state index contributed by atoms with van der Waals surface area (Å²) in [6.07, 6.45) is 7.02. The maximum absolute atomic E-state index is 12.4. The van der Waals surface area contributed by atoms with Crippen molar-refractivity contribution < 1.29 is 4.79 Å². The van der Waals surface area contributed by atoms with E-state index < -0.39 is 0 Å². The standard InChI is InChI=1S/C20H18O/c1-20(18-10-6-3-7-11-18)14-12-17(13-15-20)19(21)16-8-4-2-5-9-16/h2-14H,15H2,1H3. The summed E-state index contributed by atoms with van der Waals surface area (Å²) in [5, 5.41) is 0. The van der Waals surface area contributed by atoms with E-state index in [9.17, 15) is 4.79 Å². The van der Waals surface area contributed by atoms with Crippen molar-refractivity contribution >= 4 is 5.78 Å². The van der Waals surface area contributed by atoms with Gasteiger partial charge in [0.2, 0.25) is 0 Å². The van der Waals surface area contributed by atoms with Crippen LogP contribution in [-0.2, 0) is 5.41 Å². The van der Waals surface area contributed by atoms with Gasteiger partial charge in [-0.15, -0.1) is 0 Å². The van der Waals surface area contributed by atoms with E-state index in [-0.39, 0.29) is 11.2 Å². The quantitative estimate of drug-likeness (QED) is 0.741. The van der Waals surface area contributed by atoms with E-state index in [1.807, 2.05) is 42.5 Å². The van der Waals surface area contributed by atoms with E-state index in [2.05, 4.69) is 43.3 Å². The van der Waals surface area contributed by atoms with Crippen molar-refractivity contribution in [1.29, 1.82) is 0 Å². The molecule has 0 amide bonds. The zero-order chi connectivity index (χ0) is 14.7. The Morgan fingerprint density at radius 1 is 0.952 bits per heavy atom. The minimum Gasteiger partial charge on any atom is -0.289 e. The molecule has 0 radical (unpaired) electrons. The van der Waals surface area contributed by atoms with Crippen LogP contribution in [0.15, 0.2) is 84.5 Å². The van der Waals surface area contributed by atoms with Crippen LogP contribution in [0.5, 0.6) is 0 Å². The summed E-state index contributed by atoms with van der Waals surface area (Å²) in [4.78, 5) is 12.4. The Morgan fingerprint density at radius 2 is 1.57 bits per heavy atom. The summed E-state index contributed by atoms with van der Waals surface area (Å²) in [6, 6.07) is 19.9. The Hall–Kier alpha value is -2.41. The van der Waals surface area contributed by atoms with Gasteiger partial charge >= 0.3 is 0 Å². The normalized spacial score (nSPS) is 20.9. The van der Waals surface area contributed by atoms with E-state index in [1.165, 1.54) is 5.56 Å². The fourth-order valence-corrected chi connectivity index (χ4v) is 2.69. The molecule has 2 aromatic carbocycles. The van der Waals surface area contributed by atoms with Gasteiger partial charge in [-0.05, 0) is 12.0 Å². The number of ketones is 1. The minimum atomic E-state index is -0.0261. The molecule has 21 heavy (non-hydrogen) atoms. The van der Waals surface area contributed by atoms with Gasteiger partial charge in [-0.1, -0.05) is 85.8 Å². The highest BCUT2D eigenvalue weighted by molar-refractivity contribution is 6.10. The lowest BCUT2D eigenvalue weighted by Gasteiger charge is -2.28. The highest BCUT2D eigenvalue weighted by Crippen LogP contribution is 2.34. The molecule has 0 spiro atoms. The highest BCUT2D eigenvalue weighted by atomic mass is 16.1. The largest absolute Gasteiger partial charge is 0.289 e. The van der Waals surface area contributed by atoms with Crippen molar-refractivity contribution in [3.8, 4) is 0 Å². The van der Waals surface area contributed by atoms with Crippen LogP contribution < -0.4 is 0 Å². The van der Waals surface area contributed by atoms with Crippen molar-refractivity contribution in [3.63, 3.8) is 0 Å². The summed E-state index contributed by atoms with van der Waals surface area (Å²) >= 11 is 0. The highest BCUT2D eigenvalue weighted by Gasteiger charge is 2.26. The summed E-state index contributed by atoms with van der Waals surface area (Å²) in [5.41, 5.74) is 2.79. The molecule has 0 aliphatic heterocycles. The fraction of sp³-hybridized carbons (Fsp3) is 0.150. The topological polar surface area (TPSA) is 17.1 Å². The Labute approximate surface area is 125 Å². The molecule has 0 N–H and O–H groups in total. The molecule has 0 bridgehead atoms. The summed E-state index contributed by atoms with van der Waals surface area (Å²) in [6.45, 7) is 2.21. The third-order valence-electron chi connectivity index (χ3n) is 4.11. The second kappa shape index (κ2) is 5.53. The van der Waals surface area contributed by atoms with Gasteiger partial charge in [-0.3, -0.25) is 4.79 Å². The molecule has 1 aliphatic carbocycles. The molecule has 0 heterocycles. The Morgan fingerprint density at radius 3 is 2.14 bits per heavy atom. The van der Waals surface area contributed by atoms with Gasteiger partial charge in [0.05, 0.1) is 0 Å². The minimum absolute atomic E-state index is 0.0261. The lowest BCUT2D eigenvalue weighted by molar-refractivity contribution is 0.103. The van der Waals surface area contributed by atoms with Crippen molar-refractivity contribution in [3.05, 3.63) is 95.6 Å². The predicted molar refractivity (Wildman–Crippen MR) is 86.4 cm³/mol. The number of allylic oxidation sites excluding steroid dienone is 4. The van der Waals surface area contributed by atoms with Crippen LogP contribution in [0.4, 0.5) is 0 Å². The van der Waals surface area contributed by atoms with Gasteiger partial charge in [-0.25, -0.2) is 0 Å². The third-order valence-corrected chi connectivity index (χ3v) is 4.11. The average Bonchev–Trinajstić information content (AvgIpc) is 2.57. The predicted octanol–water partition coefficient (Wildman–Crippen LogP) is 4.71. The number of hydrogen-bond acceptors (Lipinski definition) is 1. The van der Waals surface area contributed by atoms with Crippen LogP contribution in [0.3, 0.4) is 0 Å². The van der Waals surface area contributed by atoms with Crippen LogP contribution in [-0.4, -0.2) is 5.78 Å². The van der Waals surface area contributed by atoms with Crippen molar-refractivity contribution in [2.75, 3.05) is 0 Å². The van der Waals surface area contributed by atoms with Crippen molar-refractivity contribution in [2.24, 2.45) is 0 Å². The monoisotopic (exact) mass is 274 g/mol. The van der Waals surface area contributed by atoms with Gasteiger partial charge in [-0.2, -0.15) is 0 Å². The molecule has 1 nitrogen and oxygen atoms in total. The summed E-state index contributed by atoms with van der Waals surface area (Å²) in [5.74, 6) is 0.0990. The molecule has 0 saturated heterocycles. The molecule has 0 fully saturated rings. The van der Waals surface area contributed by atoms with Crippen LogP contribution in [0.25, 0.3) is 0 Å². The molecule has 1 atom stereocenters. The molecule has 104 valence electrons. The number of rotatable bonds is 3. The lowest BCUT2D eigenvalue weighted by atomic mass is 9.75. The molecular formula is C20H18O. The maximum Gasteiger partial charge on any atom is 0.192 e. The van der Waals surface area contributed by atoms with E-state index >= 15 is 0 Å². The van der Waals surface area contributed by atoms with E-state index in [0.29, 0.717) is 0 Å². The Balaban J connectivity index is 1.82. The van der Waals surface area contributed by atoms with E-state index in [0.717, 1.165) is 17.6 Å². The number of carbonyl (C=O) groups is 1. The van der Waals surface area contributed by atoms with E-state index in [4.69, 9.17) is 0 Å². The van der Waals surface area contributed by atoms with Gasteiger partial charge in [0.25, 0.3) is 0 Å². The number of hydrogen-bond donors (Lipinski definition) is 0. The molecule has 1 aliphatic rings. The first-order valence-electron chi connectivity index (χ1n) is 7.24. The molecule has 0 aromatic heterocycles. The van der Waals surface area contributed by atoms with Crippen LogP contribution >= 0.6 is 0 Å². The summed E-state index contributed by atoms with van der Waals surface area (Å²) < 4.78 is 0. The zero-order valence-electron chi connectivity index (χ0n) is 12.1. The fourth-order valence-electron chi connectivity index (χ4n) is 2.69. The SMILES string of the molecule is CC1(c2ccccc2)C=CC(C(=O)c2ccccc2)=CC1. The summed E-state index contributed by atoms with van der Waals surface area (Å²) in [7, 11) is 0. The number of Topliss-reactive ketones (excluding diaryl/α,β-unsaturated/α-hetero) is 1. The van der Waals surface area contributed by atoms with Crippen LogP contribution in [0.2, 0.25) is 0 Å². The first kappa shape index (κ1) is 13.6. The van der Waals surface area contributed by atoms with Crippen LogP contribution in [0.1, 0.15) is 29.3 Å².